The number of anilines is 1. The van der Waals surface area contributed by atoms with E-state index >= 15 is 0 Å². The van der Waals surface area contributed by atoms with Gasteiger partial charge < -0.3 is 9.80 Å². The number of aromatic nitrogens is 3. The first-order valence-corrected chi connectivity index (χ1v) is 10.9. The Morgan fingerprint density at radius 1 is 0.903 bits per heavy atom. The van der Waals surface area contributed by atoms with E-state index in [4.69, 9.17) is 0 Å². The Kier molecular flexibility index (Phi) is 5.21. The maximum atomic E-state index is 13.8. The van der Waals surface area contributed by atoms with Gasteiger partial charge in [-0.05, 0) is 41.8 Å². The highest BCUT2D eigenvalue weighted by Crippen LogP contribution is 2.26. The molecule has 0 saturated carbocycles. The third-order valence-corrected chi connectivity index (χ3v) is 6.15. The standard InChI is InChI=1S/C23H20FN5OS/c24-17-6-4-9-19(16-17)29-22(20-10-5-15-31-20)25-21(26-29)23(30)28-13-11-27(12-14-28)18-7-2-1-3-8-18/h1-10,15-16H,11-14H2. The number of hydrogen-bond donors (Lipinski definition) is 0. The van der Waals surface area contributed by atoms with Crippen molar-refractivity contribution in [1.29, 1.82) is 0 Å². The van der Waals surface area contributed by atoms with Crippen molar-refractivity contribution < 1.29 is 9.18 Å². The van der Waals surface area contributed by atoms with Crippen LogP contribution in [0.2, 0.25) is 0 Å². The van der Waals surface area contributed by atoms with Crippen molar-refractivity contribution in [2.24, 2.45) is 0 Å². The van der Waals surface area contributed by atoms with Gasteiger partial charge >= 0.3 is 0 Å². The van der Waals surface area contributed by atoms with Crippen LogP contribution in [0.25, 0.3) is 16.4 Å². The highest BCUT2D eigenvalue weighted by Gasteiger charge is 2.27. The van der Waals surface area contributed by atoms with Crippen molar-refractivity contribution in [2.45, 2.75) is 0 Å². The molecule has 0 spiro atoms. The summed E-state index contributed by atoms with van der Waals surface area (Å²) in [6, 6.07) is 20.1. The summed E-state index contributed by atoms with van der Waals surface area (Å²) in [6.07, 6.45) is 0. The predicted octanol–water partition coefficient (Wildman–Crippen LogP) is 4.10. The number of carbonyl (C=O) groups is 1. The second-order valence-corrected chi connectivity index (χ2v) is 8.19. The average molecular weight is 434 g/mol. The predicted molar refractivity (Wildman–Crippen MR) is 119 cm³/mol. The quantitative estimate of drug-likeness (QED) is 0.486. The monoisotopic (exact) mass is 433 g/mol. The Balaban J connectivity index is 1.40. The maximum Gasteiger partial charge on any atom is 0.293 e. The van der Waals surface area contributed by atoms with Gasteiger partial charge in [-0.1, -0.05) is 30.3 Å². The van der Waals surface area contributed by atoms with E-state index in [9.17, 15) is 9.18 Å². The molecule has 1 saturated heterocycles. The molecule has 2 aromatic heterocycles. The Bertz CT molecular complexity index is 1180. The van der Waals surface area contributed by atoms with Crippen molar-refractivity contribution in [3.8, 4) is 16.4 Å². The highest BCUT2D eigenvalue weighted by molar-refractivity contribution is 7.13. The lowest BCUT2D eigenvalue weighted by atomic mass is 10.2. The normalized spacial score (nSPS) is 14.1. The van der Waals surface area contributed by atoms with Gasteiger partial charge in [0.2, 0.25) is 5.82 Å². The molecule has 3 heterocycles. The molecular weight excluding hydrogens is 413 g/mol. The van der Waals surface area contributed by atoms with Gasteiger partial charge in [-0.3, -0.25) is 4.79 Å². The van der Waals surface area contributed by atoms with Crippen LogP contribution in [0.3, 0.4) is 0 Å². The van der Waals surface area contributed by atoms with E-state index in [2.05, 4.69) is 27.1 Å². The van der Waals surface area contributed by atoms with Gasteiger partial charge in [0, 0.05) is 31.9 Å². The lowest BCUT2D eigenvalue weighted by molar-refractivity contribution is 0.0734. The summed E-state index contributed by atoms with van der Waals surface area (Å²) in [5, 5.41) is 6.41. The summed E-state index contributed by atoms with van der Waals surface area (Å²) in [6.45, 7) is 2.68. The minimum atomic E-state index is -0.366. The lowest BCUT2D eigenvalue weighted by Crippen LogP contribution is -2.49. The topological polar surface area (TPSA) is 54.3 Å². The molecule has 31 heavy (non-hydrogen) atoms. The number of carbonyl (C=O) groups excluding carboxylic acids is 1. The van der Waals surface area contributed by atoms with Crippen molar-refractivity contribution >= 4 is 22.9 Å². The van der Waals surface area contributed by atoms with E-state index < -0.39 is 0 Å². The number of amides is 1. The molecule has 1 fully saturated rings. The Hall–Kier alpha value is -3.52. The van der Waals surface area contributed by atoms with Gasteiger partial charge in [0.15, 0.2) is 5.82 Å². The number of hydrogen-bond acceptors (Lipinski definition) is 5. The summed E-state index contributed by atoms with van der Waals surface area (Å²) in [5.41, 5.74) is 1.69. The fourth-order valence-corrected chi connectivity index (χ4v) is 4.40. The van der Waals surface area contributed by atoms with Crippen LogP contribution in [-0.4, -0.2) is 51.8 Å². The van der Waals surface area contributed by atoms with Crippen LogP contribution in [0.1, 0.15) is 10.6 Å². The summed E-state index contributed by atoms with van der Waals surface area (Å²) in [5.74, 6) is 0.0865. The highest BCUT2D eigenvalue weighted by atomic mass is 32.1. The molecule has 0 bridgehead atoms. The van der Waals surface area contributed by atoms with Crippen molar-refractivity contribution in [1.82, 2.24) is 19.7 Å². The molecule has 4 aromatic rings. The summed E-state index contributed by atoms with van der Waals surface area (Å²) in [4.78, 5) is 22.6. The number of para-hydroxylation sites is 1. The van der Waals surface area contributed by atoms with Gasteiger partial charge in [-0.15, -0.1) is 16.4 Å². The molecular formula is C23H20FN5OS. The zero-order valence-electron chi connectivity index (χ0n) is 16.7. The van der Waals surface area contributed by atoms with Gasteiger partial charge in [-0.25, -0.2) is 14.1 Å². The van der Waals surface area contributed by atoms with E-state index in [-0.39, 0.29) is 17.5 Å². The molecule has 0 atom stereocenters. The third kappa shape index (κ3) is 3.94. The SMILES string of the molecule is O=C(c1nc(-c2cccs2)n(-c2cccc(F)c2)n1)N1CCN(c2ccccc2)CC1. The molecule has 5 rings (SSSR count). The van der Waals surface area contributed by atoms with Gasteiger partial charge in [0.25, 0.3) is 5.91 Å². The second-order valence-electron chi connectivity index (χ2n) is 7.24. The van der Waals surface area contributed by atoms with E-state index in [1.807, 2.05) is 35.7 Å². The number of nitrogens with zero attached hydrogens (tertiary/aromatic N) is 5. The minimum Gasteiger partial charge on any atom is -0.368 e. The smallest absolute Gasteiger partial charge is 0.293 e. The Labute approximate surface area is 183 Å². The zero-order valence-corrected chi connectivity index (χ0v) is 17.5. The second kappa shape index (κ2) is 8.31. The molecule has 0 N–H and O–H groups in total. The molecule has 2 aromatic carbocycles. The molecule has 0 aliphatic carbocycles. The van der Waals surface area contributed by atoms with Crippen molar-refractivity contribution in [3.05, 3.63) is 83.8 Å². The van der Waals surface area contributed by atoms with E-state index in [1.54, 1.807) is 21.7 Å². The zero-order chi connectivity index (χ0) is 21.2. The van der Waals surface area contributed by atoms with Gasteiger partial charge in [-0.2, -0.15) is 0 Å². The van der Waals surface area contributed by atoms with Gasteiger partial charge in [0.05, 0.1) is 10.6 Å². The van der Waals surface area contributed by atoms with Crippen LogP contribution in [0, 0.1) is 5.82 Å². The summed E-state index contributed by atoms with van der Waals surface area (Å²) >= 11 is 1.50. The first-order chi connectivity index (χ1) is 15.2. The van der Waals surface area contributed by atoms with E-state index in [0.717, 1.165) is 23.7 Å². The van der Waals surface area contributed by atoms with Crippen molar-refractivity contribution in [3.63, 3.8) is 0 Å². The molecule has 156 valence electrons. The lowest BCUT2D eigenvalue weighted by Gasteiger charge is -2.35. The first-order valence-electron chi connectivity index (χ1n) is 10.1. The van der Waals surface area contributed by atoms with Crippen LogP contribution in [0.4, 0.5) is 10.1 Å². The number of thiophene rings is 1. The Morgan fingerprint density at radius 2 is 1.68 bits per heavy atom. The average Bonchev–Trinajstić information content (AvgIpc) is 3.49. The number of halogens is 1. The number of benzene rings is 2. The van der Waals surface area contributed by atoms with Crippen LogP contribution in [-0.2, 0) is 0 Å². The third-order valence-electron chi connectivity index (χ3n) is 5.28. The molecule has 0 radical (unpaired) electrons. The molecule has 1 amide bonds. The summed E-state index contributed by atoms with van der Waals surface area (Å²) < 4.78 is 15.4. The van der Waals surface area contributed by atoms with Crippen LogP contribution < -0.4 is 4.90 Å². The van der Waals surface area contributed by atoms with Crippen LogP contribution in [0.15, 0.2) is 72.1 Å². The molecule has 8 heteroatoms. The molecule has 6 nitrogen and oxygen atoms in total. The molecule has 1 aliphatic rings. The largest absolute Gasteiger partial charge is 0.368 e. The Morgan fingerprint density at radius 3 is 2.39 bits per heavy atom. The fraction of sp³-hybridized carbons (Fsp3) is 0.174. The minimum absolute atomic E-state index is 0.126. The molecule has 1 aliphatic heterocycles. The number of rotatable bonds is 4. The maximum absolute atomic E-state index is 13.8. The fourth-order valence-electron chi connectivity index (χ4n) is 3.70. The molecule has 0 unspecified atom stereocenters. The summed E-state index contributed by atoms with van der Waals surface area (Å²) in [7, 11) is 0. The van der Waals surface area contributed by atoms with Crippen LogP contribution in [0.5, 0.6) is 0 Å². The first kappa shape index (κ1) is 19.4. The van der Waals surface area contributed by atoms with Crippen LogP contribution >= 0.6 is 11.3 Å². The van der Waals surface area contributed by atoms with E-state index in [1.165, 1.54) is 23.5 Å². The van der Waals surface area contributed by atoms with Crippen molar-refractivity contribution in [2.75, 3.05) is 31.1 Å². The van der Waals surface area contributed by atoms with Gasteiger partial charge in [0.1, 0.15) is 5.82 Å². The van der Waals surface area contributed by atoms with E-state index in [0.29, 0.717) is 24.6 Å². The number of piperazine rings is 1.